The summed E-state index contributed by atoms with van der Waals surface area (Å²) in [6.45, 7) is 7.06. The molecule has 2 heterocycles. The van der Waals surface area contributed by atoms with Gasteiger partial charge in [0.05, 0.1) is 19.0 Å². The maximum absolute atomic E-state index is 13.2. The molecule has 1 amide bonds. The van der Waals surface area contributed by atoms with Crippen LogP contribution < -0.4 is 4.90 Å². The lowest BCUT2D eigenvalue weighted by atomic mass is 9.93. The number of amides is 1. The predicted octanol–water partition coefficient (Wildman–Crippen LogP) is 2.63. The lowest BCUT2D eigenvalue weighted by Crippen LogP contribution is -3.12. The molecule has 2 aliphatic heterocycles. The summed E-state index contributed by atoms with van der Waals surface area (Å²) in [5, 5.41) is 0. The van der Waals surface area contributed by atoms with E-state index >= 15 is 0 Å². The van der Waals surface area contributed by atoms with E-state index in [4.69, 9.17) is 0 Å². The van der Waals surface area contributed by atoms with Crippen molar-refractivity contribution in [3.63, 3.8) is 0 Å². The molecule has 0 radical (unpaired) electrons. The van der Waals surface area contributed by atoms with Crippen LogP contribution in [0.25, 0.3) is 0 Å². The maximum Gasteiger partial charge on any atom is 0.231 e. The molecule has 27 heavy (non-hydrogen) atoms. The third kappa shape index (κ3) is 4.24. The maximum atomic E-state index is 13.2. The van der Waals surface area contributed by atoms with Crippen LogP contribution in [0.4, 0.5) is 0 Å². The molecule has 1 N–H and O–H groups in total. The number of aryl methyl sites for hydroxylation is 1. The van der Waals surface area contributed by atoms with Crippen LogP contribution in [0.1, 0.15) is 42.0 Å². The molecule has 0 aromatic heterocycles. The topological polar surface area (TPSA) is 24.8 Å². The Morgan fingerprint density at radius 3 is 2.59 bits per heavy atom. The smallest absolute Gasteiger partial charge is 0.231 e. The van der Waals surface area contributed by atoms with E-state index in [2.05, 4.69) is 60.4 Å². The van der Waals surface area contributed by atoms with E-state index < -0.39 is 0 Å². The van der Waals surface area contributed by atoms with Gasteiger partial charge in [-0.25, -0.2) is 0 Å². The second-order valence-corrected chi connectivity index (χ2v) is 8.17. The molecule has 2 atom stereocenters. The summed E-state index contributed by atoms with van der Waals surface area (Å²) < 4.78 is 0. The molecule has 1 saturated heterocycles. The van der Waals surface area contributed by atoms with Crippen molar-refractivity contribution in [2.75, 3.05) is 19.6 Å². The van der Waals surface area contributed by atoms with E-state index in [9.17, 15) is 4.79 Å². The van der Waals surface area contributed by atoms with Gasteiger partial charge in [-0.1, -0.05) is 55.5 Å². The Balaban J connectivity index is 1.37. The van der Waals surface area contributed by atoms with Crippen LogP contribution in [0, 0.1) is 5.92 Å². The number of likely N-dealkylation sites (tertiary alicyclic amines) is 1. The zero-order valence-electron chi connectivity index (χ0n) is 16.4. The van der Waals surface area contributed by atoms with Crippen molar-refractivity contribution in [2.24, 2.45) is 5.92 Å². The first-order valence-corrected chi connectivity index (χ1v) is 10.5. The Hall–Kier alpha value is -2.13. The SMILES string of the molecule is CCc1ccc(C[NH+]2CCC[C@@H](C(=O)N3CCc4ccccc4C3)C2)cc1. The van der Waals surface area contributed by atoms with Gasteiger partial charge in [-0.15, -0.1) is 0 Å². The van der Waals surface area contributed by atoms with Gasteiger partial charge < -0.3 is 9.80 Å². The standard InChI is InChI=1S/C24H30N2O/c1-2-19-9-11-20(12-10-19)16-25-14-5-8-23(17-25)24(27)26-15-13-21-6-3-4-7-22(21)18-26/h3-4,6-7,9-12,23H,2,5,8,13-18H2,1H3/p+1/t23-/m1/s1. The fourth-order valence-electron chi connectivity index (χ4n) is 4.65. The summed E-state index contributed by atoms with van der Waals surface area (Å²) in [5.41, 5.74) is 5.52. The van der Waals surface area contributed by atoms with Crippen LogP contribution >= 0.6 is 0 Å². The van der Waals surface area contributed by atoms with E-state index in [-0.39, 0.29) is 5.92 Å². The van der Waals surface area contributed by atoms with Crippen molar-refractivity contribution < 1.29 is 9.69 Å². The van der Waals surface area contributed by atoms with E-state index in [1.807, 2.05) is 0 Å². The minimum Gasteiger partial charge on any atom is -0.338 e. The van der Waals surface area contributed by atoms with Crippen LogP contribution in [0.15, 0.2) is 48.5 Å². The highest BCUT2D eigenvalue weighted by atomic mass is 16.2. The molecule has 2 aromatic carbocycles. The average Bonchev–Trinajstić information content (AvgIpc) is 2.73. The number of carbonyl (C=O) groups excluding carboxylic acids is 1. The highest BCUT2D eigenvalue weighted by Gasteiger charge is 2.33. The quantitative estimate of drug-likeness (QED) is 0.887. The van der Waals surface area contributed by atoms with Gasteiger partial charge in [-0.3, -0.25) is 4.79 Å². The molecule has 3 nitrogen and oxygen atoms in total. The summed E-state index contributed by atoms with van der Waals surface area (Å²) in [4.78, 5) is 16.8. The average molecular weight is 364 g/mol. The summed E-state index contributed by atoms with van der Waals surface area (Å²) in [7, 11) is 0. The van der Waals surface area contributed by atoms with Gasteiger partial charge in [0.25, 0.3) is 0 Å². The molecule has 2 aliphatic rings. The number of piperidine rings is 1. The Labute approximate surface area is 163 Å². The largest absolute Gasteiger partial charge is 0.338 e. The second kappa shape index (κ2) is 8.26. The van der Waals surface area contributed by atoms with Gasteiger partial charge in [-0.05, 0) is 42.4 Å². The van der Waals surface area contributed by atoms with E-state index in [0.29, 0.717) is 5.91 Å². The lowest BCUT2D eigenvalue weighted by molar-refractivity contribution is -0.921. The Morgan fingerprint density at radius 1 is 1.07 bits per heavy atom. The molecule has 4 rings (SSSR count). The first kappa shape index (κ1) is 18.2. The fourth-order valence-corrected chi connectivity index (χ4v) is 4.65. The van der Waals surface area contributed by atoms with Gasteiger partial charge >= 0.3 is 0 Å². The molecule has 2 aromatic rings. The molecule has 3 heteroatoms. The van der Waals surface area contributed by atoms with Crippen molar-refractivity contribution in [1.29, 1.82) is 0 Å². The Kier molecular flexibility index (Phi) is 5.58. The number of rotatable bonds is 4. The van der Waals surface area contributed by atoms with E-state index in [0.717, 1.165) is 51.9 Å². The fraction of sp³-hybridized carbons (Fsp3) is 0.458. The second-order valence-electron chi connectivity index (χ2n) is 8.17. The third-order valence-corrected chi connectivity index (χ3v) is 6.29. The molecule has 0 saturated carbocycles. The van der Waals surface area contributed by atoms with Crippen molar-refractivity contribution in [3.8, 4) is 0 Å². The highest BCUT2D eigenvalue weighted by molar-refractivity contribution is 5.79. The van der Waals surface area contributed by atoms with Crippen LogP contribution in [-0.2, 0) is 30.7 Å². The summed E-state index contributed by atoms with van der Waals surface area (Å²) >= 11 is 0. The summed E-state index contributed by atoms with van der Waals surface area (Å²) in [5.74, 6) is 0.567. The zero-order chi connectivity index (χ0) is 18.6. The number of hydrogen-bond acceptors (Lipinski definition) is 1. The first-order chi connectivity index (χ1) is 13.2. The number of hydrogen-bond donors (Lipinski definition) is 1. The molecule has 1 fully saturated rings. The van der Waals surface area contributed by atoms with Gasteiger partial charge in [0.1, 0.15) is 6.54 Å². The zero-order valence-corrected chi connectivity index (χ0v) is 16.4. The number of quaternary nitrogens is 1. The first-order valence-electron chi connectivity index (χ1n) is 10.5. The summed E-state index contributed by atoms with van der Waals surface area (Å²) in [6.07, 6.45) is 4.29. The van der Waals surface area contributed by atoms with Crippen molar-refractivity contribution in [2.45, 2.75) is 45.7 Å². The number of fused-ring (bicyclic) bond motifs is 1. The van der Waals surface area contributed by atoms with Crippen LogP contribution in [-0.4, -0.2) is 30.4 Å². The Morgan fingerprint density at radius 2 is 1.81 bits per heavy atom. The monoisotopic (exact) mass is 363 g/mol. The number of nitrogens with one attached hydrogen (secondary N) is 1. The Bertz CT molecular complexity index is 783. The normalized spacial score (nSPS) is 22.3. The molecule has 142 valence electrons. The molecular formula is C24H31N2O+. The van der Waals surface area contributed by atoms with E-state index in [1.165, 1.54) is 28.8 Å². The van der Waals surface area contributed by atoms with Crippen LogP contribution in [0.3, 0.4) is 0 Å². The number of benzene rings is 2. The van der Waals surface area contributed by atoms with Crippen LogP contribution in [0.5, 0.6) is 0 Å². The molecule has 1 unspecified atom stereocenters. The third-order valence-electron chi connectivity index (χ3n) is 6.29. The van der Waals surface area contributed by atoms with Crippen molar-refractivity contribution in [1.82, 2.24) is 4.90 Å². The molecule has 0 bridgehead atoms. The van der Waals surface area contributed by atoms with Gasteiger partial charge in [-0.2, -0.15) is 0 Å². The van der Waals surface area contributed by atoms with Crippen molar-refractivity contribution in [3.05, 3.63) is 70.8 Å². The van der Waals surface area contributed by atoms with Gasteiger partial charge in [0.15, 0.2) is 0 Å². The number of nitrogens with zero attached hydrogens (tertiary/aromatic N) is 1. The van der Waals surface area contributed by atoms with Crippen molar-refractivity contribution >= 4 is 5.91 Å². The van der Waals surface area contributed by atoms with Gasteiger partial charge in [0, 0.05) is 18.7 Å². The lowest BCUT2D eigenvalue weighted by Gasteiger charge is -2.35. The van der Waals surface area contributed by atoms with Crippen LogP contribution in [0.2, 0.25) is 0 Å². The minimum absolute atomic E-state index is 0.189. The minimum atomic E-state index is 0.189. The highest BCUT2D eigenvalue weighted by Crippen LogP contribution is 2.21. The predicted molar refractivity (Wildman–Crippen MR) is 109 cm³/mol. The molecule has 0 aliphatic carbocycles. The number of carbonyl (C=O) groups is 1. The van der Waals surface area contributed by atoms with Gasteiger partial charge in [0.2, 0.25) is 5.91 Å². The van der Waals surface area contributed by atoms with E-state index in [1.54, 1.807) is 4.90 Å². The summed E-state index contributed by atoms with van der Waals surface area (Å²) in [6, 6.07) is 17.6. The molecular weight excluding hydrogens is 332 g/mol. The molecule has 0 spiro atoms.